The third-order valence-electron chi connectivity index (χ3n) is 3.34. The van der Waals surface area contributed by atoms with Crippen LogP contribution in [0.3, 0.4) is 0 Å². The van der Waals surface area contributed by atoms with E-state index < -0.39 is 0 Å². The van der Waals surface area contributed by atoms with E-state index in [-0.39, 0.29) is 18.4 Å². The lowest BCUT2D eigenvalue weighted by molar-refractivity contribution is -0.129. The number of carbonyl (C=O) groups is 2. The Morgan fingerprint density at radius 2 is 1.95 bits per heavy atom. The smallest absolute Gasteiger partial charge is 0.251 e. The average Bonchev–Trinajstić information content (AvgIpc) is 3.05. The Morgan fingerprint density at radius 1 is 1.29 bits per heavy atom. The van der Waals surface area contributed by atoms with Crippen molar-refractivity contribution in [3.63, 3.8) is 0 Å². The molecule has 1 aliphatic heterocycles. The van der Waals surface area contributed by atoms with E-state index in [0.717, 1.165) is 31.5 Å². The Bertz CT molecular complexity index is 519. The van der Waals surface area contributed by atoms with Crippen LogP contribution in [0.4, 0.5) is 0 Å². The highest BCUT2D eigenvalue weighted by Gasteiger charge is 2.18. The molecule has 0 aromatic heterocycles. The molecule has 1 fully saturated rings. The van der Waals surface area contributed by atoms with Crippen molar-refractivity contribution in [1.82, 2.24) is 10.2 Å². The lowest BCUT2D eigenvalue weighted by Crippen LogP contribution is -2.38. The topological polar surface area (TPSA) is 71.0 Å². The number of rotatable bonds is 5. The molecule has 6 heteroatoms. The Morgan fingerprint density at radius 3 is 2.57 bits per heavy atom. The number of hydrogen-bond acceptors (Lipinski definition) is 4. The predicted octanol–water partition coefficient (Wildman–Crippen LogP) is 1.02. The van der Waals surface area contributed by atoms with E-state index in [1.807, 2.05) is 0 Å². The summed E-state index contributed by atoms with van der Waals surface area (Å²) in [6, 6.07) is 6.90. The SMILES string of the molecule is CO/N=C/c1ccc(C(=O)NCC(=O)N2CCCC2)cc1. The number of hydrogen-bond donors (Lipinski definition) is 1. The summed E-state index contributed by atoms with van der Waals surface area (Å²) < 4.78 is 0. The maximum absolute atomic E-state index is 11.9. The quantitative estimate of drug-likeness (QED) is 0.650. The molecule has 0 unspecified atom stereocenters. The van der Waals surface area contributed by atoms with Gasteiger partial charge in [-0.25, -0.2) is 0 Å². The predicted molar refractivity (Wildman–Crippen MR) is 79.2 cm³/mol. The molecule has 0 spiro atoms. The first-order chi connectivity index (χ1) is 10.2. The lowest BCUT2D eigenvalue weighted by Gasteiger charge is -2.15. The van der Waals surface area contributed by atoms with Gasteiger partial charge in [0.05, 0.1) is 12.8 Å². The molecule has 0 atom stereocenters. The fourth-order valence-corrected chi connectivity index (χ4v) is 2.17. The van der Waals surface area contributed by atoms with Crippen LogP contribution in [0.5, 0.6) is 0 Å². The highest BCUT2D eigenvalue weighted by atomic mass is 16.6. The van der Waals surface area contributed by atoms with Crippen molar-refractivity contribution in [2.24, 2.45) is 5.16 Å². The Labute approximate surface area is 123 Å². The van der Waals surface area contributed by atoms with Crippen LogP contribution in [0, 0.1) is 0 Å². The first-order valence-corrected chi connectivity index (χ1v) is 6.93. The number of nitrogens with one attached hydrogen (secondary N) is 1. The van der Waals surface area contributed by atoms with Gasteiger partial charge in [-0.05, 0) is 30.5 Å². The van der Waals surface area contributed by atoms with E-state index in [9.17, 15) is 9.59 Å². The summed E-state index contributed by atoms with van der Waals surface area (Å²) in [7, 11) is 1.47. The fourth-order valence-electron chi connectivity index (χ4n) is 2.17. The average molecular weight is 289 g/mol. The maximum atomic E-state index is 11.9. The first-order valence-electron chi connectivity index (χ1n) is 6.93. The van der Waals surface area contributed by atoms with Gasteiger partial charge in [-0.3, -0.25) is 9.59 Å². The molecule has 1 aliphatic rings. The maximum Gasteiger partial charge on any atom is 0.251 e. The number of nitrogens with zero attached hydrogens (tertiary/aromatic N) is 2. The number of likely N-dealkylation sites (tertiary alicyclic amines) is 1. The van der Waals surface area contributed by atoms with Crippen molar-refractivity contribution < 1.29 is 14.4 Å². The van der Waals surface area contributed by atoms with Crippen LogP contribution in [-0.2, 0) is 9.63 Å². The summed E-state index contributed by atoms with van der Waals surface area (Å²) in [5.74, 6) is -0.275. The summed E-state index contributed by atoms with van der Waals surface area (Å²) >= 11 is 0. The van der Waals surface area contributed by atoms with Gasteiger partial charge in [-0.15, -0.1) is 0 Å². The van der Waals surface area contributed by atoms with Gasteiger partial charge in [-0.1, -0.05) is 17.3 Å². The Balaban J connectivity index is 1.85. The number of carbonyl (C=O) groups excluding carboxylic acids is 2. The minimum absolute atomic E-state index is 0.0234. The molecule has 0 radical (unpaired) electrons. The molecular formula is C15H19N3O3. The summed E-state index contributed by atoms with van der Waals surface area (Å²) in [5, 5.41) is 6.29. The second-order valence-electron chi connectivity index (χ2n) is 4.81. The third kappa shape index (κ3) is 4.30. The van der Waals surface area contributed by atoms with Crippen LogP contribution in [0.1, 0.15) is 28.8 Å². The minimum Gasteiger partial charge on any atom is -0.399 e. The van der Waals surface area contributed by atoms with Gasteiger partial charge < -0.3 is 15.1 Å². The molecule has 2 amide bonds. The molecule has 112 valence electrons. The van der Waals surface area contributed by atoms with Crippen molar-refractivity contribution >= 4 is 18.0 Å². The van der Waals surface area contributed by atoms with Crippen LogP contribution < -0.4 is 5.32 Å². The summed E-state index contributed by atoms with van der Waals surface area (Å²) in [6.45, 7) is 1.64. The summed E-state index contributed by atoms with van der Waals surface area (Å²) in [5.41, 5.74) is 1.35. The largest absolute Gasteiger partial charge is 0.399 e. The van der Waals surface area contributed by atoms with Crippen molar-refractivity contribution in [3.8, 4) is 0 Å². The van der Waals surface area contributed by atoms with Crippen LogP contribution in [0.2, 0.25) is 0 Å². The van der Waals surface area contributed by atoms with E-state index >= 15 is 0 Å². The lowest BCUT2D eigenvalue weighted by atomic mass is 10.1. The van der Waals surface area contributed by atoms with Gasteiger partial charge in [0.2, 0.25) is 5.91 Å². The van der Waals surface area contributed by atoms with E-state index in [1.165, 1.54) is 7.11 Å². The third-order valence-corrected chi connectivity index (χ3v) is 3.34. The van der Waals surface area contributed by atoms with Gasteiger partial charge in [0.1, 0.15) is 7.11 Å². The van der Waals surface area contributed by atoms with Gasteiger partial charge >= 0.3 is 0 Å². The van der Waals surface area contributed by atoms with E-state index in [1.54, 1.807) is 35.4 Å². The van der Waals surface area contributed by atoms with Crippen LogP contribution >= 0.6 is 0 Å². The molecular weight excluding hydrogens is 270 g/mol. The van der Waals surface area contributed by atoms with Gasteiger partial charge in [0.15, 0.2) is 0 Å². The Kier molecular flexibility index (Phi) is 5.31. The molecule has 6 nitrogen and oxygen atoms in total. The van der Waals surface area contributed by atoms with Crippen molar-refractivity contribution in [2.45, 2.75) is 12.8 Å². The monoisotopic (exact) mass is 289 g/mol. The van der Waals surface area contributed by atoms with Gasteiger partial charge in [-0.2, -0.15) is 0 Å². The van der Waals surface area contributed by atoms with Crippen molar-refractivity contribution in [3.05, 3.63) is 35.4 Å². The molecule has 0 saturated carbocycles. The molecule has 1 N–H and O–H groups in total. The van der Waals surface area contributed by atoms with E-state index in [0.29, 0.717) is 5.56 Å². The van der Waals surface area contributed by atoms with Crippen molar-refractivity contribution in [2.75, 3.05) is 26.7 Å². The first kappa shape index (κ1) is 15.0. The highest BCUT2D eigenvalue weighted by molar-refractivity contribution is 5.97. The molecule has 2 rings (SSSR count). The number of benzene rings is 1. The zero-order valence-corrected chi connectivity index (χ0v) is 12.0. The molecule has 1 saturated heterocycles. The molecule has 1 aromatic rings. The van der Waals surface area contributed by atoms with Gasteiger partial charge in [0.25, 0.3) is 5.91 Å². The molecule has 1 heterocycles. The van der Waals surface area contributed by atoms with Crippen LogP contribution in [0.15, 0.2) is 29.4 Å². The zero-order chi connectivity index (χ0) is 15.1. The molecule has 0 aliphatic carbocycles. The molecule has 21 heavy (non-hydrogen) atoms. The fraction of sp³-hybridized carbons (Fsp3) is 0.400. The van der Waals surface area contributed by atoms with E-state index in [2.05, 4.69) is 15.3 Å². The van der Waals surface area contributed by atoms with Crippen molar-refractivity contribution in [1.29, 1.82) is 0 Å². The van der Waals surface area contributed by atoms with Crippen LogP contribution in [0.25, 0.3) is 0 Å². The minimum atomic E-state index is -0.252. The molecule has 0 bridgehead atoms. The number of amides is 2. The standard InChI is InChI=1S/C15H19N3O3/c1-21-17-10-12-4-6-13(7-5-12)15(20)16-11-14(19)18-8-2-3-9-18/h4-7,10H,2-3,8-9,11H2,1H3,(H,16,20)/b17-10+. The summed E-state index contributed by atoms with van der Waals surface area (Å²) in [6.07, 6.45) is 3.65. The number of oxime groups is 1. The Hall–Kier alpha value is -2.37. The van der Waals surface area contributed by atoms with E-state index in [4.69, 9.17) is 0 Å². The molecule has 1 aromatic carbocycles. The second kappa shape index (κ2) is 7.42. The van der Waals surface area contributed by atoms with Gasteiger partial charge in [0, 0.05) is 18.7 Å². The summed E-state index contributed by atoms with van der Waals surface area (Å²) in [4.78, 5) is 30.1. The highest BCUT2D eigenvalue weighted by Crippen LogP contribution is 2.07. The normalized spacial score (nSPS) is 14.4. The zero-order valence-electron chi connectivity index (χ0n) is 12.0. The second-order valence-corrected chi connectivity index (χ2v) is 4.81. The van der Waals surface area contributed by atoms with Crippen LogP contribution in [-0.4, -0.2) is 49.7 Å².